The maximum absolute atomic E-state index is 5.24. The van der Waals surface area contributed by atoms with Crippen molar-refractivity contribution in [2.45, 2.75) is 6.92 Å². The fourth-order valence-corrected chi connectivity index (χ4v) is 7.04. The zero-order valence-corrected chi connectivity index (χ0v) is 28.2. The Hall–Kier alpha value is -6.78. The molecule has 0 aliphatic heterocycles. The van der Waals surface area contributed by atoms with Gasteiger partial charge in [0.2, 0.25) is 0 Å². The zero-order chi connectivity index (χ0) is 34.1. The minimum Gasteiger partial charge on any atom is -0.314 e. The number of aromatic nitrogens is 3. The fourth-order valence-electron chi connectivity index (χ4n) is 7.04. The second-order valence-electron chi connectivity index (χ2n) is 12.8. The van der Waals surface area contributed by atoms with Crippen LogP contribution in [0.15, 0.2) is 188 Å². The van der Waals surface area contributed by atoms with Gasteiger partial charge in [0.15, 0.2) is 0 Å². The molecule has 51 heavy (non-hydrogen) atoms. The lowest BCUT2D eigenvalue weighted by Crippen LogP contribution is -2.10. The van der Waals surface area contributed by atoms with Crippen molar-refractivity contribution in [3.8, 4) is 39.3 Å². The van der Waals surface area contributed by atoms with Crippen molar-refractivity contribution >= 4 is 39.0 Å². The van der Waals surface area contributed by atoms with Gasteiger partial charge in [0.1, 0.15) is 0 Å². The molecule has 0 atom stereocenters. The molecule has 0 fully saturated rings. The number of anilines is 3. The third-order valence-corrected chi connectivity index (χ3v) is 9.49. The average Bonchev–Trinajstić information content (AvgIpc) is 3.54. The molecule has 0 bridgehead atoms. The monoisotopic (exact) mass is 654 g/mol. The number of benzene rings is 7. The summed E-state index contributed by atoms with van der Waals surface area (Å²) in [5.74, 6) is 0. The summed E-state index contributed by atoms with van der Waals surface area (Å²) in [5, 5.41) is 1.24. The molecule has 0 spiro atoms. The van der Waals surface area contributed by atoms with Gasteiger partial charge < -0.3 is 9.47 Å². The maximum atomic E-state index is 5.24. The van der Waals surface area contributed by atoms with E-state index in [2.05, 4.69) is 192 Å². The predicted molar refractivity (Wildman–Crippen MR) is 212 cm³/mol. The topological polar surface area (TPSA) is 34.0 Å². The Morgan fingerprint density at radius 3 is 1.61 bits per heavy atom. The number of fused-ring (bicyclic) bond motifs is 2. The Labute approximate surface area is 297 Å². The van der Waals surface area contributed by atoms with E-state index in [1.807, 2.05) is 12.1 Å². The van der Waals surface area contributed by atoms with Gasteiger partial charge in [-0.1, -0.05) is 115 Å². The SMILES string of the molecule is Cc1cc2ccccc2n1-c1ccc(N(c2ccccc2)c2ccc(-c3nc4ccc(-c5ccccc5)cc4nc3-c3ccccc3)cc2)cc1. The first kappa shape index (κ1) is 30.3. The summed E-state index contributed by atoms with van der Waals surface area (Å²) < 4.78 is 2.32. The number of nitrogens with zero attached hydrogens (tertiary/aromatic N) is 4. The summed E-state index contributed by atoms with van der Waals surface area (Å²) >= 11 is 0. The Morgan fingerprint density at radius 1 is 0.412 bits per heavy atom. The van der Waals surface area contributed by atoms with E-state index in [0.29, 0.717) is 0 Å². The van der Waals surface area contributed by atoms with Crippen LogP contribution >= 0.6 is 0 Å². The standard InChI is InChI=1S/C47H34N4/c1-33-31-38-17-11-12-20-45(38)50(33)40-26-28-42(29-27-40)51(39-18-9-4-10-19-39)41-24-21-36(22-25-41)47-46(35-15-7-3-8-16-35)49-44-32-37(23-30-43(44)48-47)34-13-5-2-6-14-34/h2-32H,1H3. The Morgan fingerprint density at radius 2 is 0.922 bits per heavy atom. The van der Waals surface area contributed by atoms with Gasteiger partial charge in [0.25, 0.3) is 0 Å². The molecule has 4 nitrogen and oxygen atoms in total. The first-order valence-corrected chi connectivity index (χ1v) is 17.3. The minimum atomic E-state index is 0.859. The van der Waals surface area contributed by atoms with Gasteiger partial charge in [-0.3, -0.25) is 0 Å². The van der Waals surface area contributed by atoms with Crippen LogP contribution in [0.2, 0.25) is 0 Å². The van der Waals surface area contributed by atoms with E-state index >= 15 is 0 Å². The summed E-state index contributed by atoms with van der Waals surface area (Å²) in [5.41, 5.74) is 14.6. The summed E-state index contributed by atoms with van der Waals surface area (Å²) in [6.45, 7) is 2.16. The first-order valence-electron chi connectivity index (χ1n) is 17.3. The van der Waals surface area contributed by atoms with Gasteiger partial charge in [-0.05, 0) is 90.8 Å². The predicted octanol–water partition coefficient (Wildman–Crippen LogP) is 12.4. The average molecular weight is 655 g/mol. The summed E-state index contributed by atoms with van der Waals surface area (Å²) in [4.78, 5) is 12.8. The smallest absolute Gasteiger partial charge is 0.0973 e. The van der Waals surface area contributed by atoms with Crippen molar-refractivity contribution in [3.05, 3.63) is 194 Å². The van der Waals surface area contributed by atoms with Crippen LogP contribution in [0.5, 0.6) is 0 Å². The molecule has 0 radical (unpaired) electrons. The van der Waals surface area contributed by atoms with Crippen molar-refractivity contribution in [1.29, 1.82) is 0 Å². The first-order chi connectivity index (χ1) is 25.2. The van der Waals surface area contributed by atoms with E-state index < -0.39 is 0 Å². The molecule has 0 unspecified atom stereocenters. The van der Waals surface area contributed by atoms with Crippen molar-refractivity contribution in [2.75, 3.05) is 4.90 Å². The Kier molecular flexibility index (Phi) is 7.67. The van der Waals surface area contributed by atoms with Crippen molar-refractivity contribution in [2.24, 2.45) is 0 Å². The van der Waals surface area contributed by atoms with Crippen molar-refractivity contribution in [3.63, 3.8) is 0 Å². The second-order valence-corrected chi connectivity index (χ2v) is 12.8. The molecule has 2 aromatic heterocycles. The summed E-state index contributed by atoms with van der Waals surface area (Å²) in [6.07, 6.45) is 0. The zero-order valence-electron chi connectivity index (χ0n) is 28.2. The van der Waals surface area contributed by atoms with Gasteiger partial charge >= 0.3 is 0 Å². The maximum Gasteiger partial charge on any atom is 0.0973 e. The number of aryl methyl sites for hydroxylation is 1. The highest BCUT2D eigenvalue weighted by Gasteiger charge is 2.17. The lowest BCUT2D eigenvalue weighted by atomic mass is 10.0. The van der Waals surface area contributed by atoms with Crippen LogP contribution in [0.3, 0.4) is 0 Å². The molecule has 9 aromatic rings. The third-order valence-electron chi connectivity index (χ3n) is 9.49. The van der Waals surface area contributed by atoms with E-state index in [0.717, 1.165) is 67.4 Å². The van der Waals surface area contributed by atoms with Crippen LogP contribution in [-0.2, 0) is 0 Å². The van der Waals surface area contributed by atoms with E-state index in [1.165, 1.54) is 16.6 Å². The normalized spacial score (nSPS) is 11.2. The Bertz CT molecular complexity index is 2610. The molecule has 2 heterocycles. The fraction of sp³-hybridized carbons (Fsp3) is 0.0213. The van der Waals surface area contributed by atoms with Crippen LogP contribution < -0.4 is 4.90 Å². The molecule has 0 N–H and O–H groups in total. The van der Waals surface area contributed by atoms with Crippen molar-refractivity contribution in [1.82, 2.24) is 14.5 Å². The second kappa shape index (κ2) is 12.9. The van der Waals surface area contributed by atoms with Crippen LogP contribution in [-0.4, -0.2) is 14.5 Å². The van der Waals surface area contributed by atoms with Gasteiger partial charge in [0, 0.05) is 45.0 Å². The number of para-hydroxylation sites is 2. The third kappa shape index (κ3) is 5.73. The molecule has 7 aromatic carbocycles. The highest BCUT2D eigenvalue weighted by molar-refractivity contribution is 5.89. The molecule has 0 aliphatic carbocycles. The molecule has 9 rings (SSSR count). The van der Waals surface area contributed by atoms with Crippen LogP contribution in [0.1, 0.15) is 5.69 Å². The quantitative estimate of drug-likeness (QED) is 0.171. The van der Waals surface area contributed by atoms with Crippen molar-refractivity contribution < 1.29 is 0 Å². The molecule has 0 amide bonds. The van der Waals surface area contributed by atoms with E-state index in [4.69, 9.17) is 9.97 Å². The number of hydrogen-bond acceptors (Lipinski definition) is 3. The van der Waals surface area contributed by atoms with Crippen LogP contribution in [0.25, 0.3) is 61.3 Å². The molecule has 4 heteroatoms. The van der Waals surface area contributed by atoms with Gasteiger partial charge in [-0.2, -0.15) is 0 Å². The van der Waals surface area contributed by atoms with Gasteiger partial charge in [-0.25, -0.2) is 9.97 Å². The highest BCUT2D eigenvalue weighted by Crippen LogP contribution is 2.38. The van der Waals surface area contributed by atoms with E-state index in [-0.39, 0.29) is 0 Å². The lowest BCUT2D eigenvalue weighted by molar-refractivity contribution is 1.05. The Balaban J connectivity index is 1.11. The number of hydrogen-bond donors (Lipinski definition) is 0. The van der Waals surface area contributed by atoms with E-state index in [1.54, 1.807) is 0 Å². The summed E-state index contributed by atoms with van der Waals surface area (Å²) in [6, 6.07) is 65.9. The highest BCUT2D eigenvalue weighted by atomic mass is 15.1. The van der Waals surface area contributed by atoms with Crippen LogP contribution in [0, 0.1) is 6.92 Å². The number of rotatable bonds is 7. The molecule has 242 valence electrons. The summed E-state index contributed by atoms with van der Waals surface area (Å²) in [7, 11) is 0. The largest absolute Gasteiger partial charge is 0.314 e. The molecular formula is C47H34N4. The van der Waals surface area contributed by atoms with Gasteiger partial charge in [0.05, 0.1) is 27.9 Å². The van der Waals surface area contributed by atoms with Gasteiger partial charge in [-0.15, -0.1) is 0 Å². The van der Waals surface area contributed by atoms with Crippen LogP contribution in [0.4, 0.5) is 17.1 Å². The molecule has 0 saturated heterocycles. The molecular weight excluding hydrogens is 621 g/mol. The van der Waals surface area contributed by atoms with E-state index in [9.17, 15) is 0 Å². The minimum absolute atomic E-state index is 0.859. The molecule has 0 aliphatic rings. The molecule has 0 saturated carbocycles. The lowest BCUT2D eigenvalue weighted by Gasteiger charge is -2.26.